The molecule has 172 valence electrons. The summed E-state index contributed by atoms with van der Waals surface area (Å²) in [5, 5.41) is 11.5. The van der Waals surface area contributed by atoms with Gasteiger partial charge in [-0.05, 0) is 47.7 Å². The summed E-state index contributed by atoms with van der Waals surface area (Å²) in [4.78, 5) is 30.2. The van der Waals surface area contributed by atoms with Crippen LogP contribution in [0.2, 0.25) is 0 Å². The minimum Gasteiger partial charge on any atom is -0.266 e. The molecule has 0 spiro atoms. The fourth-order valence-electron chi connectivity index (χ4n) is 3.51. The van der Waals surface area contributed by atoms with Crippen LogP contribution in [0.3, 0.4) is 0 Å². The standard InChI is InChI=1S/C27H25N3O3S/c1-18(2)22-10-6-20(7-11-22)16-25-26(31)29(23-12-4-19(3)5-13-23)27(28-25)34-17-21-8-14-24(15-9-21)30(32)33/h4-16,18H,17H2,1-3H3. The number of carbonyl (C=O) groups is 1. The number of aliphatic imine (C=N–C) groups is 1. The van der Waals surface area contributed by atoms with Crippen LogP contribution in [0.5, 0.6) is 0 Å². The van der Waals surface area contributed by atoms with Crippen molar-refractivity contribution in [3.63, 3.8) is 0 Å². The number of benzene rings is 3. The van der Waals surface area contributed by atoms with Crippen molar-refractivity contribution >= 4 is 40.3 Å². The van der Waals surface area contributed by atoms with E-state index in [1.54, 1.807) is 17.0 Å². The van der Waals surface area contributed by atoms with Crippen LogP contribution >= 0.6 is 11.8 Å². The van der Waals surface area contributed by atoms with Crippen molar-refractivity contribution in [2.45, 2.75) is 32.4 Å². The fraction of sp³-hybridized carbons (Fsp3) is 0.185. The number of aryl methyl sites for hydroxylation is 1. The number of amides is 1. The second kappa shape index (κ2) is 10.1. The zero-order chi connectivity index (χ0) is 24.2. The molecule has 0 atom stereocenters. The lowest BCUT2D eigenvalue weighted by atomic mass is 10.0. The van der Waals surface area contributed by atoms with Gasteiger partial charge in [0.05, 0.1) is 10.6 Å². The maximum atomic E-state index is 13.4. The van der Waals surface area contributed by atoms with Crippen molar-refractivity contribution in [2.24, 2.45) is 4.99 Å². The Balaban J connectivity index is 1.62. The van der Waals surface area contributed by atoms with E-state index in [9.17, 15) is 14.9 Å². The maximum absolute atomic E-state index is 13.4. The molecule has 0 unspecified atom stereocenters. The molecule has 3 aromatic carbocycles. The third-order valence-corrected chi connectivity index (χ3v) is 6.55. The highest BCUT2D eigenvalue weighted by molar-refractivity contribution is 8.13. The summed E-state index contributed by atoms with van der Waals surface area (Å²) < 4.78 is 0. The van der Waals surface area contributed by atoms with E-state index in [1.165, 1.54) is 29.5 Å². The molecule has 34 heavy (non-hydrogen) atoms. The number of hydrogen-bond acceptors (Lipinski definition) is 5. The molecule has 0 saturated heterocycles. The van der Waals surface area contributed by atoms with E-state index in [1.807, 2.05) is 49.4 Å². The van der Waals surface area contributed by atoms with E-state index < -0.39 is 4.92 Å². The van der Waals surface area contributed by atoms with E-state index >= 15 is 0 Å². The summed E-state index contributed by atoms with van der Waals surface area (Å²) in [5.74, 6) is 0.790. The first-order valence-corrected chi connectivity index (χ1v) is 12.0. The van der Waals surface area contributed by atoms with E-state index in [4.69, 9.17) is 0 Å². The third-order valence-electron chi connectivity index (χ3n) is 5.54. The van der Waals surface area contributed by atoms with E-state index in [2.05, 4.69) is 31.0 Å². The molecular formula is C27H25N3O3S. The van der Waals surface area contributed by atoms with Crippen molar-refractivity contribution in [2.75, 3.05) is 4.90 Å². The topological polar surface area (TPSA) is 75.8 Å². The zero-order valence-corrected chi connectivity index (χ0v) is 20.1. The maximum Gasteiger partial charge on any atom is 0.283 e. The van der Waals surface area contributed by atoms with Crippen LogP contribution in [0.25, 0.3) is 6.08 Å². The lowest BCUT2D eigenvalue weighted by Gasteiger charge is -2.18. The molecule has 0 bridgehead atoms. The van der Waals surface area contributed by atoms with Crippen molar-refractivity contribution in [1.82, 2.24) is 0 Å². The summed E-state index contributed by atoms with van der Waals surface area (Å²) in [6.07, 6.45) is 1.81. The van der Waals surface area contributed by atoms with Gasteiger partial charge in [0.1, 0.15) is 5.70 Å². The van der Waals surface area contributed by atoms with Crippen molar-refractivity contribution in [1.29, 1.82) is 0 Å². The van der Waals surface area contributed by atoms with Crippen LogP contribution < -0.4 is 4.90 Å². The van der Waals surface area contributed by atoms with Gasteiger partial charge in [0, 0.05) is 17.9 Å². The number of anilines is 1. The van der Waals surface area contributed by atoms with Gasteiger partial charge < -0.3 is 0 Å². The molecule has 7 heteroatoms. The largest absolute Gasteiger partial charge is 0.283 e. The van der Waals surface area contributed by atoms with E-state index in [0.29, 0.717) is 22.5 Å². The predicted molar refractivity (Wildman–Crippen MR) is 139 cm³/mol. The van der Waals surface area contributed by atoms with Crippen molar-refractivity contribution < 1.29 is 9.72 Å². The number of nitro benzene ring substituents is 1. The molecule has 0 aromatic heterocycles. The number of amidine groups is 1. The first-order chi connectivity index (χ1) is 16.3. The molecule has 3 aromatic rings. The first-order valence-electron chi connectivity index (χ1n) is 11.0. The summed E-state index contributed by atoms with van der Waals surface area (Å²) in [5.41, 5.74) is 5.36. The zero-order valence-electron chi connectivity index (χ0n) is 19.3. The molecular weight excluding hydrogens is 446 g/mol. The van der Waals surface area contributed by atoms with Crippen molar-refractivity contribution in [3.8, 4) is 0 Å². The average Bonchev–Trinajstić information content (AvgIpc) is 3.13. The second-order valence-corrected chi connectivity index (χ2v) is 9.38. The van der Waals surface area contributed by atoms with Crippen LogP contribution in [0, 0.1) is 17.0 Å². The van der Waals surface area contributed by atoms with Gasteiger partial charge in [0.25, 0.3) is 11.6 Å². The molecule has 1 aliphatic rings. The Kier molecular flexibility index (Phi) is 6.93. The number of thioether (sulfide) groups is 1. The predicted octanol–water partition coefficient (Wildman–Crippen LogP) is 6.70. The Hall–Kier alpha value is -3.71. The fourth-order valence-corrected chi connectivity index (χ4v) is 4.48. The number of carbonyl (C=O) groups excluding carboxylic acids is 1. The smallest absolute Gasteiger partial charge is 0.266 e. The van der Waals surface area contributed by atoms with Crippen LogP contribution in [-0.2, 0) is 10.5 Å². The molecule has 6 nitrogen and oxygen atoms in total. The Morgan fingerprint density at radius 3 is 2.24 bits per heavy atom. The van der Waals surface area contributed by atoms with Gasteiger partial charge in [-0.1, -0.05) is 79.7 Å². The van der Waals surface area contributed by atoms with Crippen LogP contribution in [0.1, 0.15) is 42.0 Å². The Morgan fingerprint density at radius 2 is 1.65 bits per heavy atom. The SMILES string of the molecule is Cc1ccc(N2C(=O)C(=Cc3ccc(C(C)C)cc3)N=C2SCc2ccc([N+](=O)[O-])cc2)cc1. The molecule has 0 saturated carbocycles. The normalized spacial score (nSPS) is 14.7. The van der Waals surface area contributed by atoms with Gasteiger partial charge in [-0.25, -0.2) is 4.99 Å². The van der Waals surface area contributed by atoms with Gasteiger partial charge in [-0.3, -0.25) is 19.8 Å². The third kappa shape index (κ3) is 5.26. The number of rotatable bonds is 6. The van der Waals surface area contributed by atoms with Crippen LogP contribution in [0.4, 0.5) is 11.4 Å². The Bertz CT molecular complexity index is 1260. The minimum atomic E-state index is -0.416. The van der Waals surface area contributed by atoms with Crippen LogP contribution in [0.15, 0.2) is 83.5 Å². The van der Waals surface area contributed by atoms with Gasteiger partial charge in [-0.15, -0.1) is 0 Å². The summed E-state index contributed by atoms with van der Waals surface area (Å²) in [6.45, 7) is 6.29. The highest BCUT2D eigenvalue weighted by Crippen LogP contribution is 2.31. The first kappa shape index (κ1) is 23.4. The minimum absolute atomic E-state index is 0.0529. The van der Waals surface area contributed by atoms with Gasteiger partial charge in [0.15, 0.2) is 5.17 Å². The quantitative estimate of drug-likeness (QED) is 0.228. The highest BCUT2D eigenvalue weighted by atomic mass is 32.2. The second-order valence-electron chi connectivity index (χ2n) is 8.43. The molecule has 0 fully saturated rings. The van der Waals surface area contributed by atoms with Crippen LogP contribution in [-0.4, -0.2) is 16.0 Å². The monoisotopic (exact) mass is 471 g/mol. The number of non-ortho nitro benzene ring substituents is 1. The summed E-state index contributed by atoms with van der Waals surface area (Å²) in [6, 6.07) is 22.3. The van der Waals surface area contributed by atoms with Gasteiger partial charge in [-0.2, -0.15) is 0 Å². The molecule has 0 N–H and O–H groups in total. The van der Waals surface area contributed by atoms with Crippen molar-refractivity contribution in [3.05, 3.63) is 111 Å². The number of hydrogen-bond donors (Lipinski definition) is 0. The van der Waals surface area contributed by atoms with Gasteiger partial charge >= 0.3 is 0 Å². The van der Waals surface area contributed by atoms with Gasteiger partial charge in [0.2, 0.25) is 0 Å². The molecule has 0 radical (unpaired) electrons. The lowest BCUT2D eigenvalue weighted by Crippen LogP contribution is -2.30. The Morgan fingerprint density at radius 1 is 1.00 bits per heavy atom. The van der Waals surface area contributed by atoms with E-state index in [-0.39, 0.29) is 11.6 Å². The molecule has 0 aliphatic carbocycles. The molecule has 1 aliphatic heterocycles. The molecule has 4 rings (SSSR count). The highest BCUT2D eigenvalue weighted by Gasteiger charge is 2.32. The lowest BCUT2D eigenvalue weighted by molar-refractivity contribution is -0.384. The number of nitro groups is 1. The number of nitrogens with zero attached hydrogens (tertiary/aromatic N) is 3. The summed E-state index contributed by atoms with van der Waals surface area (Å²) in [7, 11) is 0. The average molecular weight is 472 g/mol. The molecule has 1 heterocycles. The summed E-state index contributed by atoms with van der Waals surface area (Å²) >= 11 is 1.43. The van der Waals surface area contributed by atoms with E-state index in [0.717, 1.165) is 22.4 Å². The molecule has 1 amide bonds. The Labute approximate surface area is 203 Å².